The molecule has 0 spiro atoms. The fourth-order valence-electron chi connectivity index (χ4n) is 0.205. The lowest BCUT2D eigenvalue weighted by molar-refractivity contribution is 0.223. The monoisotopic (exact) mass is 129 g/mol. The summed E-state index contributed by atoms with van der Waals surface area (Å²) in [6, 6.07) is 0. The zero-order valence-electron chi connectivity index (χ0n) is 6.35. The van der Waals surface area contributed by atoms with Crippen molar-refractivity contribution in [2.45, 2.75) is 20.8 Å². The largest absolute Gasteiger partial charge is 0.416 e. The zero-order valence-corrected chi connectivity index (χ0v) is 6.35. The molecule has 2 heteroatoms. The highest BCUT2D eigenvalue weighted by molar-refractivity contribution is 5.00. The molecule has 0 radical (unpaired) electrons. The second-order valence-corrected chi connectivity index (χ2v) is 1.13. The average Bonchev–Trinajstić information content (AvgIpc) is 1.93. The van der Waals surface area contributed by atoms with Crippen molar-refractivity contribution in [3.63, 3.8) is 0 Å². The standard InChI is InChI=1S/C5H9NO.C2H6/c1-3-4-5(2)7-6;1-2/h3-4H,1,6H2,2H3;1-2H3/b5-4+;. The molecule has 0 fully saturated rings. The Kier molecular flexibility index (Phi) is 12.7. The first-order chi connectivity index (χ1) is 4.31. The Hall–Kier alpha value is -0.760. The van der Waals surface area contributed by atoms with E-state index in [4.69, 9.17) is 5.90 Å². The van der Waals surface area contributed by atoms with Crippen LogP contribution in [0, 0.1) is 0 Å². The molecule has 0 bridgehead atoms. The van der Waals surface area contributed by atoms with Gasteiger partial charge in [-0.1, -0.05) is 26.5 Å². The average molecular weight is 129 g/mol. The van der Waals surface area contributed by atoms with Gasteiger partial charge in [0.15, 0.2) is 0 Å². The molecular formula is C7H15NO. The predicted octanol–water partition coefficient (Wildman–Crippen LogP) is 1.99. The van der Waals surface area contributed by atoms with E-state index >= 15 is 0 Å². The Morgan fingerprint density at radius 3 is 2.11 bits per heavy atom. The van der Waals surface area contributed by atoms with Gasteiger partial charge in [-0.25, -0.2) is 0 Å². The van der Waals surface area contributed by atoms with E-state index in [9.17, 15) is 0 Å². The molecule has 2 N–H and O–H groups in total. The third-order valence-electron chi connectivity index (χ3n) is 0.538. The van der Waals surface area contributed by atoms with Gasteiger partial charge >= 0.3 is 0 Å². The van der Waals surface area contributed by atoms with Gasteiger partial charge in [0, 0.05) is 0 Å². The molecule has 0 aliphatic carbocycles. The lowest BCUT2D eigenvalue weighted by Crippen LogP contribution is -1.94. The van der Waals surface area contributed by atoms with Gasteiger partial charge in [-0.2, -0.15) is 5.90 Å². The van der Waals surface area contributed by atoms with E-state index in [0.29, 0.717) is 5.76 Å². The maximum atomic E-state index is 4.74. The summed E-state index contributed by atoms with van der Waals surface area (Å²) in [6.45, 7) is 9.19. The van der Waals surface area contributed by atoms with Gasteiger partial charge in [-0.3, -0.25) is 0 Å². The fourth-order valence-corrected chi connectivity index (χ4v) is 0.205. The number of hydrogen-bond donors (Lipinski definition) is 1. The minimum absolute atomic E-state index is 0.662. The first-order valence-electron chi connectivity index (χ1n) is 2.97. The van der Waals surface area contributed by atoms with Crippen molar-refractivity contribution in [3.8, 4) is 0 Å². The molecule has 0 aromatic rings. The molecule has 0 rings (SSSR count). The van der Waals surface area contributed by atoms with Gasteiger partial charge in [0.1, 0.15) is 5.76 Å². The highest BCUT2D eigenvalue weighted by Crippen LogP contribution is 1.87. The summed E-state index contributed by atoms with van der Waals surface area (Å²) < 4.78 is 0. The summed E-state index contributed by atoms with van der Waals surface area (Å²) in [6.07, 6.45) is 3.29. The smallest absolute Gasteiger partial charge is 0.120 e. The molecule has 0 aromatic carbocycles. The molecule has 0 saturated heterocycles. The maximum absolute atomic E-state index is 4.74. The van der Waals surface area contributed by atoms with E-state index in [1.807, 2.05) is 13.8 Å². The fraction of sp³-hybridized carbons (Fsp3) is 0.429. The van der Waals surface area contributed by atoms with Gasteiger partial charge in [-0.15, -0.1) is 0 Å². The summed E-state index contributed by atoms with van der Waals surface area (Å²) in [5.41, 5.74) is 0. The van der Waals surface area contributed by atoms with Gasteiger partial charge < -0.3 is 4.84 Å². The highest BCUT2D eigenvalue weighted by Gasteiger charge is 1.75. The number of nitrogens with two attached hydrogens (primary N) is 1. The summed E-state index contributed by atoms with van der Waals surface area (Å²) in [5, 5.41) is 0. The molecule has 54 valence electrons. The van der Waals surface area contributed by atoms with Crippen molar-refractivity contribution >= 4 is 0 Å². The predicted molar refractivity (Wildman–Crippen MR) is 40.6 cm³/mol. The minimum Gasteiger partial charge on any atom is -0.416 e. The second kappa shape index (κ2) is 10.3. The van der Waals surface area contributed by atoms with Crippen LogP contribution in [-0.4, -0.2) is 0 Å². The normalized spacial score (nSPS) is 9.11. The number of allylic oxidation sites excluding steroid dienone is 3. The van der Waals surface area contributed by atoms with Crippen LogP contribution in [0.25, 0.3) is 0 Å². The van der Waals surface area contributed by atoms with Crippen molar-refractivity contribution in [2.75, 3.05) is 0 Å². The van der Waals surface area contributed by atoms with Gasteiger partial charge in [0.25, 0.3) is 0 Å². The van der Waals surface area contributed by atoms with Crippen molar-refractivity contribution in [2.24, 2.45) is 5.90 Å². The third-order valence-corrected chi connectivity index (χ3v) is 0.538. The Morgan fingerprint density at radius 1 is 1.56 bits per heavy atom. The van der Waals surface area contributed by atoms with E-state index in [1.165, 1.54) is 0 Å². The summed E-state index contributed by atoms with van der Waals surface area (Å²) >= 11 is 0. The van der Waals surface area contributed by atoms with Crippen LogP contribution in [0.3, 0.4) is 0 Å². The molecule has 0 heterocycles. The van der Waals surface area contributed by atoms with E-state index in [0.717, 1.165) is 0 Å². The lowest BCUT2D eigenvalue weighted by Gasteiger charge is -1.90. The lowest BCUT2D eigenvalue weighted by atomic mass is 10.5. The van der Waals surface area contributed by atoms with E-state index in [1.54, 1.807) is 19.1 Å². The van der Waals surface area contributed by atoms with Crippen LogP contribution < -0.4 is 5.90 Å². The van der Waals surface area contributed by atoms with E-state index in [2.05, 4.69) is 11.4 Å². The molecule has 0 aromatic heterocycles. The Morgan fingerprint density at radius 2 is 2.00 bits per heavy atom. The van der Waals surface area contributed by atoms with E-state index in [-0.39, 0.29) is 0 Å². The van der Waals surface area contributed by atoms with Crippen LogP contribution in [0.4, 0.5) is 0 Å². The van der Waals surface area contributed by atoms with Gasteiger partial charge in [-0.05, 0) is 13.0 Å². The zero-order chi connectivity index (χ0) is 7.70. The van der Waals surface area contributed by atoms with Crippen LogP contribution in [0.5, 0.6) is 0 Å². The summed E-state index contributed by atoms with van der Waals surface area (Å²) in [4.78, 5) is 4.28. The first kappa shape index (κ1) is 11.1. The summed E-state index contributed by atoms with van der Waals surface area (Å²) in [5.74, 6) is 5.40. The van der Waals surface area contributed by atoms with Crippen molar-refractivity contribution < 1.29 is 4.84 Å². The van der Waals surface area contributed by atoms with Gasteiger partial charge in [0.2, 0.25) is 0 Å². The maximum Gasteiger partial charge on any atom is 0.120 e. The molecule has 0 atom stereocenters. The molecule has 0 unspecified atom stereocenters. The van der Waals surface area contributed by atoms with Crippen molar-refractivity contribution in [3.05, 3.63) is 24.5 Å². The van der Waals surface area contributed by atoms with Crippen LogP contribution >= 0.6 is 0 Å². The van der Waals surface area contributed by atoms with Gasteiger partial charge in [0.05, 0.1) is 0 Å². The van der Waals surface area contributed by atoms with Crippen LogP contribution in [0.1, 0.15) is 20.8 Å². The first-order valence-corrected chi connectivity index (χ1v) is 2.97. The number of rotatable bonds is 2. The SMILES string of the molecule is C=C/C=C(\C)ON.CC. The van der Waals surface area contributed by atoms with Crippen molar-refractivity contribution in [1.82, 2.24) is 0 Å². The molecule has 9 heavy (non-hydrogen) atoms. The number of hydrogen-bond acceptors (Lipinski definition) is 2. The Labute approximate surface area is 57.0 Å². The van der Waals surface area contributed by atoms with E-state index < -0.39 is 0 Å². The van der Waals surface area contributed by atoms with Crippen molar-refractivity contribution in [1.29, 1.82) is 0 Å². The molecule has 0 aliphatic rings. The third kappa shape index (κ3) is 11.1. The molecule has 0 aliphatic heterocycles. The van der Waals surface area contributed by atoms with Crippen LogP contribution in [0.2, 0.25) is 0 Å². The quantitative estimate of drug-likeness (QED) is 0.351. The van der Waals surface area contributed by atoms with Crippen LogP contribution in [-0.2, 0) is 4.84 Å². The molecule has 2 nitrogen and oxygen atoms in total. The topological polar surface area (TPSA) is 35.2 Å². The summed E-state index contributed by atoms with van der Waals surface area (Å²) in [7, 11) is 0. The molecular weight excluding hydrogens is 114 g/mol. The second-order valence-electron chi connectivity index (χ2n) is 1.13. The minimum atomic E-state index is 0.662. The Bertz CT molecular complexity index is 86.9. The molecule has 0 saturated carbocycles. The highest BCUT2D eigenvalue weighted by atomic mass is 16.6. The molecule has 0 amide bonds. The Balaban J connectivity index is 0. The van der Waals surface area contributed by atoms with Crippen LogP contribution in [0.15, 0.2) is 24.5 Å².